The van der Waals surface area contributed by atoms with E-state index >= 15 is 0 Å². The molecule has 1 atom stereocenters. The first-order chi connectivity index (χ1) is 13.1. The summed E-state index contributed by atoms with van der Waals surface area (Å²) in [6, 6.07) is 4.15. The Kier molecular flexibility index (Phi) is 3.41. The van der Waals surface area contributed by atoms with Crippen molar-refractivity contribution in [3.8, 4) is 5.82 Å². The summed E-state index contributed by atoms with van der Waals surface area (Å²) in [7, 11) is 3.31. The number of benzene rings is 1. The van der Waals surface area contributed by atoms with Crippen LogP contribution in [0, 0.1) is 11.7 Å². The first-order valence-corrected chi connectivity index (χ1v) is 8.69. The molecular weight excluding hydrogens is 351 g/mol. The number of methoxy groups -OCH3 is 1. The van der Waals surface area contributed by atoms with E-state index in [1.165, 1.54) is 16.7 Å². The van der Waals surface area contributed by atoms with Crippen molar-refractivity contribution in [3.63, 3.8) is 0 Å². The molecule has 0 bridgehead atoms. The van der Waals surface area contributed by atoms with Crippen LogP contribution in [-0.4, -0.2) is 36.1 Å². The van der Waals surface area contributed by atoms with Crippen LogP contribution in [0.4, 0.5) is 4.39 Å². The molecule has 0 amide bonds. The van der Waals surface area contributed by atoms with Gasteiger partial charge in [-0.1, -0.05) is 5.21 Å². The van der Waals surface area contributed by atoms with Crippen LogP contribution in [-0.2, 0) is 11.8 Å². The molecule has 1 aromatic carbocycles. The van der Waals surface area contributed by atoms with Crippen LogP contribution in [0.15, 0.2) is 35.5 Å². The van der Waals surface area contributed by atoms with Gasteiger partial charge in [0, 0.05) is 14.2 Å². The third kappa shape index (κ3) is 2.31. The maximum Gasteiger partial charge on any atom is 0.261 e. The van der Waals surface area contributed by atoms with E-state index in [0.29, 0.717) is 28.3 Å². The highest BCUT2D eigenvalue weighted by Gasteiger charge is 2.35. The normalized spacial score (nSPS) is 15.7. The number of ether oxygens (including phenoxy) is 1. The predicted molar refractivity (Wildman–Crippen MR) is 95.3 cm³/mol. The molecule has 3 heterocycles. The summed E-state index contributed by atoms with van der Waals surface area (Å²) in [6.07, 6.45) is 5.36. The molecule has 5 rings (SSSR count). The third-order valence-electron chi connectivity index (χ3n) is 5.17. The van der Waals surface area contributed by atoms with Gasteiger partial charge in [0.1, 0.15) is 18.2 Å². The fourth-order valence-electron chi connectivity index (χ4n) is 3.69. The first-order valence-electron chi connectivity index (χ1n) is 8.69. The Morgan fingerprint density at radius 1 is 1.33 bits per heavy atom. The van der Waals surface area contributed by atoms with Crippen LogP contribution in [0.3, 0.4) is 0 Å². The molecule has 138 valence electrons. The van der Waals surface area contributed by atoms with Gasteiger partial charge in [-0.15, -0.1) is 5.10 Å². The van der Waals surface area contributed by atoms with Crippen LogP contribution in [0.1, 0.15) is 24.6 Å². The number of imidazole rings is 1. The van der Waals surface area contributed by atoms with E-state index in [2.05, 4.69) is 15.3 Å². The summed E-state index contributed by atoms with van der Waals surface area (Å²) in [5.74, 6) is 0.468. The molecule has 1 saturated carbocycles. The fourth-order valence-corrected chi connectivity index (χ4v) is 3.69. The SMILES string of the molecule is COC(c1cnnn1-c1ncn2c3ccc(F)cc3c(=O)n(C)c12)C1CC1. The van der Waals surface area contributed by atoms with E-state index in [1.54, 1.807) is 41.8 Å². The van der Waals surface area contributed by atoms with Crippen molar-refractivity contribution in [2.45, 2.75) is 18.9 Å². The first kappa shape index (κ1) is 16.1. The summed E-state index contributed by atoms with van der Waals surface area (Å²) in [5.41, 5.74) is 1.63. The largest absolute Gasteiger partial charge is 0.375 e. The van der Waals surface area contributed by atoms with Gasteiger partial charge in [0.05, 0.1) is 22.8 Å². The lowest BCUT2D eigenvalue weighted by Gasteiger charge is -2.15. The molecule has 8 nitrogen and oxygen atoms in total. The van der Waals surface area contributed by atoms with Gasteiger partial charge in [-0.05, 0) is 37.0 Å². The van der Waals surface area contributed by atoms with Gasteiger partial charge < -0.3 is 4.74 Å². The number of aryl methyl sites for hydroxylation is 1. The van der Waals surface area contributed by atoms with Gasteiger partial charge in [0.15, 0.2) is 11.5 Å². The Morgan fingerprint density at radius 2 is 2.15 bits per heavy atom. The smallest absolute Gasteiger partial charge is 0.261 e. The molecule has 0 spiro atoms. The molecule has 0 N–H and O–H groups in total. The van der Waals surface area contributed by atoms with Gasteiger partial charge >= 0.3 is 0 Å². The minimum Gasteiger partial charge on any atom is -0.375 e. The topological polar surface area (TPSA) is 79.2 Å². The number of hydrogen-bond donors (Lipinski definition) is 0. The zero-order valence-electron chi connectivity index (χ0n) is 14.8. The predicted octanol–water partition coefficient (Wildman–Crippen LogP) is 2.00. The van der Waals surface area contributed by atoms with Crippen LogP contribution >= 0.6 is 0 Å². The molecule has 0 radical (unpaired) electrons. The van der Waals surface area contributed by atoms with Crippen molar-refractivity contribution >= 4 is 16.6 Å². The zero-order chi connectivity index (χ0) is 18.7. The molecule has 4 aromatic rings. The number of rotatable bonds is 4. The Morgan fingerprint density at radius 3 is 2.89 bits per heavy atom. The molecule has 27 heavy (non-hydrogen) atoms. The van der Waals surface area contributed by atoms with Gasteiger partial charge in [-0.25, -0.2) is 9.37 Å². The summed E-state index contributed by atoms with van der Waals surface area (Å²) in [4.78, 5) is 17.3. The second-order valence-corrected chi connectivity index (χ2v) is 6.85. The molecule has 1 fully saturated rings. The lowest BCUT2D eigenvalue weighted by atomic mass is 10.2. The van der Waals surface area contributed by atoms with Crippen molar-refractivity contribution in [2.24, 2.45) is 13.0 Å². The Labute approximate surface area is 152 Å². The zero-order valence-corrected chi connectivity index (χ0v) is 14.8. The fraction of sp³-hybridized carbons (Fsp3) is 0.333. The van der Waals surface area contributed by atoms with E-state index in [9.17, 15) is 9.18 Å². The minimum atomic E-state index is -0.453. The summed E-state index contributed by atoms with van der Waals surface area (Å²) in [6.45, 7) is 0. The third-order valence-corrected chi connectivity index (χ3v) is 5.17. The summed E-state index contributed by atoms with van der Waals surface area (Å²) >= 11 is 0. The summed E-state index contributed by atoms with van der Waals surface area (Å²) in [5, 5.41) is 8.52. The van der Waals surface area contributed by atoms with Crippen LogP contribution in [0.2, 0.25) is 0 Å². The monoisotopic (exact) mass is 368 g/mol. The lowest BCUT2D eigenvalue weighted by Crippen LogP contribution is -2.21. The van der Waals surface area contributed by atoms with Crippen molar-refractivity contribution in [1.29, 1.82) is 0 Å². The molecule has 0 aliphatic heterocycles. The van der Waals surface area contributed by atoms with Gasteiger partial charge in [-0.3, -0.25) is 13.8 Å². The lowest BCUT2D eigenvalue weighted by molar-refractivity contribution is 0.0789. The number of hydrogen-bond acceptors (Lipinski definition) is 5. The molecule has 3 aromatic heterocycles. The molecule has 1 aliphatic rings. The van der Waals surface area contributed by atoms with E-state index in [1.807, 2.05) is 0 Å². The van der Waals surface area contributed by atoms with Crippen LogP contribution < -0.4 is 5.56 Å². The quantitative estimate of drug-likeness (QED) is 0.551. The van der Waals surface area contributed by atoms with Crippen molar-refractivity contribution in [3.05, 3.63) is 52.6 Å². The highest BCUT2D eigenvalue weighted by Crippen LogP contribution is 2.43. The van der Waals surface area contributed by atoms with E-state index in [0.717, 1.165) is 18.5 Å². The number of aromatic nitrogens is 6. The van der Waals surface area contributed by atoms with Crippen molar-refractivity contribution in [1.82, 2.24) is 28.9 Å². The van der Waals surface area contributed by atoms with Gasteiger partial charge in [-0.2, -0.15) is 4.68 Å². The minimum absolute atomic E-state index is 0.122. The average molecular weight is 368 g/mol. The van der Waals surface area contributed by atoms with Gasteiger partial charge in [0.25, 0.3) is 5.56 Å². The second kappa shape index (κ2) is 5.71. The van der Waals surface area contributed by atoms with Crippen molar-refractivity contribution < 1.29 is 9.13 Å². The number of halogens is 1. The average Bonchev–Trinajstić information content (AvgIpc) is 3.22. The standard InChI is InChI=1S/C18H17FN6O2/c1-23-17-16(25-14(8-21-22-25)15(27-2)10-3-4-10)20-9-24(17)13-6-5-11(19)7-12(13)18(23)26/h5-10,15H,3-4H2,1-2H3. The molecule has 1 aliphatic carbocycles. The van der Waals surface area contributed by atoms with Crippen LogP contribution in [0.5, 0.6) is 0 Å². The highest BCUT2D eigenvalue weighted by atomic mass is 19.1. The van der Waals surface area contributed by atoms with Gasteiger partial charge in [0.2, 0.25) is 0 Å². The molecule has 1 unspecified atom stereocenters. The highest BCUT2D eigenvalue weighted by molar-refractivity contribution is 5.82. The number of fused-ring (bicyclic) bond motifs is 3. The maximum atomic E-state index is 13.6. The Hall–Kier alpha value is -3.07. The second-order valence-electron chi connectivity index (χ2n) is 6.85. The summed E-state index contributed by atoms with van der Waals surface area (Å²) < 4.78 is 24.1. The van der Waals surface area contributed by atoms with E-state index in [4.69, 9.17) is 4.74 Å². The maximum absolute atomic E-state index is 13.6. The van der Waals surface area contributed by atoms with E-state index < -0.39 is 5.82 Å². The molecule has 9 heteroatoms. The number of nitrogens with zero attached hydrogens (tertiary/aromatic N) is 6. The van der Waals surface area contributed by atoms with Crippen molar-refractivity contribution in [2.75, 3.05) is 7.11 Å². The molecule has 0 saturated heterocycles. The Balaban J connectivity index is 1.80. The van der Waals surface area contributed by atoms with Crippen LogP contribution in [0.25, 0.3) is 22.4 Å². The Bertz CT molecular complexity index is 1240. The molecular formula is C18H17FN6O2. The van der Waals surface area contributed by atoms with E-state index in [-0.39, 0.29) is 11.7 Å².